The maximum atomic E-state index is 12.4. The Kier molecular flexibility index (Phi) is 45.3. The molecule has 0 amide bonds. The SMILES string of the molecule is C.C.CCOP(=O)(CO)OCC.CCOP(=O)(CO[C@@H]1O[C@H](n2cc(C)c(=O)[nH]c2=O)C[C@@H]1O)OCC.CCOP(=O)(CO[C@@H]1O[C@H](n2cc(C)c(=O)[nH]c2=O)C[C@H]1I)OCC.CCOP(=O)(CO[C@@H]1O[C@H](n2cc(C)c(=O)[nH]c2=O)C[C@H]1O)OCC.Cc1cn([C@@H]2CC=CO2)c(=O)[nH]c1=O.Cc1cn([C@@H]2C[C@@H](O)[C@H](CO)O2)c(=O)[nH]c1=O. The highest BCUT2D eigenvalue weighted by Gasteiger charge is 2.42. The van der Waals surface area contributed by atoms with Gasteiger partial charge < -0.3 is 99.6 Å². The summed E-state index contributed by atoms with van der Waals surface area (Å²) in [5.74, 6) is 0. The molecule has 0 bridgehead atoms. The molecule has 118 heavy (non-hydrogen) atoms. The van der Waals surface area contributed by atoms with Crippen LogP contribution >= 0.6 is 53.0 Å². The van der Waals surface area contributed by atoms with Crippen LogP contribution in [0, 0.1) is 34.6 Å². The van der Waals surface area contributed by atoms with Crippen molar-refractivity contribution in [3.05, 3.63) is 175 Å². The number of aliphatic hydroxyl groups is 5. The van der Waals surface area contributed by atoms with E-state index in [1.807, 2.05) is 6.08 Å². The van der Waals surface area contributed by atoms with E-state index >= 15 is 0 Å². The minimum atomic E-state index is -3.44. The average molecular weight is 1880 g/mol. The Balaban J connectivity index is 0.000000373. The zero-order chi connectivity index (χ0) is 86.6. The summed E-state index contributed by atoms with van der Waals surface area (Å²) in [6, 6.07) is 0. The van der Waals surface area contributed by atoms with Crippen LogP contribution in [0.5, 0.6) is 0 Å². The van der Waals surface area contributed by atoms with Gasteiger partial charge in [-0.3, -0.25) is 90.0 Å². The van der Waals surface area contributed by atoms with Gasteiger partial charge in [0.05, 0.1) is 75.8 Å². The first-order valence-electron chi connectivity index (χ1n) is 36.6. The van der Waals surface area contributed by atoms with Crippen LogP contribution in [0.25, 0.3) is 0 Å². The zero-order valence-corrected chi connectivity index (χ0v) is 71.9. The Morgan fingerprint density at radius 2 is 0.644 bits per heavy atom. The fourth-order valence-corrected chi connectivity index (χ4v) is 16.8. The number of aromatic amines is 5. The molecule has 4 fully saturated rings. The molecule has 10 N–H and O–H groups in total. The van der Waals surface area contributed by atoms with Gasteiger partial charge >= 0.3 is 58.8 Å². The van der Waals surface area contributed by atoms with E-state index in [0.29, 0.717) is 40.7 Å². The van der Waals surface area contributed by atoms with E-state index < -0.39 is 156 Å². The average Bonchev–Trinajstić information content (AvgIpc) is 1.62. The number of hydrogen-bond acceptors (Lipinski definition) is 35. The van der Waals surface area contributed by atoms with Crippen LogP contribution < -0.4 is 56.2 Å². The van der Waals surface area contributed by atoms with Crippen molar-refractivity contribution < 1.29 is 118 Å². The number of aryl methyl sites for hydroxylation is 5. The summed E-state index contributed by atoms with van der Waals surface area (Å²) in [5.41, 5.74) is -3.09. The number of alkyl halides is 1. The third-order valence-corrected chi connectivity index (χ3v) is 24.5. The molecule has 5 aromatic rings. The largest absolute Gasteiger partial charge is 0.478 e. The molecule has 5 aliphatic rings. The lowest BCUT2D eigenvalue weighted by Crippen LogP contribution is -2.33. The van der Waals surface area contributed by atoms with Gasteiger partial charge in [0, 0.05) is 90.9 Å². The van der Waals surface area contributed by atoms with Crippen molar-refractivity contribution in [2.45, 2.75) is 215 Å². The number of halogens is 1. The lowest BCUT2D eigenvalue weighted by molar-refractivity contribution is -0.169. The van der Waals surface area contributed by atoms with E-state index in [1.54, 1.807) is 96.3 Å². The number of aliphatic hydroxyl groups excluding tert-OH is 5. The van der Waals surface area contributed by atoms with E-state index in [9.17, 15) is 81.5 Å². The second-order valence-corrected chi connectivity index (χ2v) is 34.9. The van der Waals surface area contributed by atoms with Crippen molar-refractivity contribution in [2.24, 2.45) is 0 Å². The van der Waals surface area contributed by atoms with Crippen LogP contribution in [0.4, 0.5) is 0 Å². The Bertz CT molecular complexity index is 4500. The maximum Gasteiger partial charge on any atom is 0.356 e. The molecule has 4 saturated heterocycles. The maximum absolute atomic E-state index is 12.4. The van der Waals surface area contributed by atoms with Gasteiger partial charge in [-0.05, 0) is 96.1 Å². The van der Waals surface area contributed by atoms with Gasteiger partial charge in [-0.25, -0.2) is 24.0 Å². The van der Waals surface area contributed by atoms with Crippen molar-refractivity contribution in [1.82, 2.24) is 47.8 Å². The van der Waals surface area contributed by atoms with Crippen molar-refractivity contribution in [3.63, 3.8) is 0 Å². The summed E-state index contributed by atoms with van der Waals surface area (Å²) in [5, 5.41) is 47.2. The highest BCUT2D eigenvalue weighted by molar-refractivity contribution is 14.1. The summed E-state index contributed by atoms with van der Waals surface area (Å²) in [6.07, 6.45) is 0.749. The minimum Gasteiger partial charge on any atom is -0.478 e. The Morgan fingerprint density at radius 3 is 0.907 bits per heavy atom. The fourth-order valence-electron chi connectivity index (χ4n) is 10.9. The molecule has 0 aliphatic carbocycles. The Labute approximate surface area is 690 Å². The third kappa shape index (κ3) is 31.3. The van der Waals surface area contributed by atoms with Crippen molar-refractivity contribution in [2.75, 3.05) is 84.9 Å². The quantitative estimate of drug-likeness (QED) is 0.0158. The predicted molar refractivity (Wildman–Crippen MR) is 433 cm³/mol. The number of ether oxygens (including phenoxy) is 8. The highest BCUT2D eigenvalue weighted by Crippen LogP contribution is 2.51. The Morgan fingerprint density at radius 1 is 0.390 bits per heavy atom. The molecule has 0 radical (unpaired) electrons. The van der Waals surface area contributed by atoms with Crippen LogP contribution in [0.3, 0.4) is 0 Å². The molecule has 50 heteroatoms. The molecule has 0 spiro atoms. The molecular weight excluding hydrogens is 1770 g/mol. The molecule has 13 atom stereocenters. The van der Waals surface area contributed by atoms with E-state index in [-0.39, 0.29) is 128 Å². The van der Waals surface area contributed by atoms with Gasteiger partial charge in [0.25, 0.3) is 27.8 Å². The molecule has 5 aromatic heterocycles. The molecule has 10 heterocycles. The van der Waals surface area contributed by atoms with Gasteiger partial charge in [-0.2, -0.15) is 0 Å². The van der Waals surface area contributed by atoms with E-state index in [2.05, 4.69) is 47.5 Å². The zero-order valence-electron chi connectivity index (χ0n) is 66.2. The van der Waals surface area contributed by atoms with Gasteiger partial charge in [0.1, 0.15) is 49.6 Å². The van der Waals surface area contributed by atoms with Gasteiger partial charge in [-0.15, -0.1) is 0 Å². The fraction of sp³-hybridized carbons (Fsp3) is 0.676. The van der Waals surface area contributed by atoms with Gasteiger partial charge in [0.2, 0.25) is 0 Å². The van der Waals surface area contributed by atoms with Crippen LogP contribution in [-0.2, 0) is 92.3 Å². The molecule has 0 unspecified atom stereocenters. The summed E-state index contributed by atoms with van der Waals surface area (Å²) in [6.45, 7) is 23.0. The molecule has 45 nitrogen and oxygen atoms in total. The van der Waals surface area contributed by atoms with Gasteiger partial charge in [0.15, 0.2) is 44.1 Å². The minimum absolute atomic E-state index is 0. The number of hydrogen-bond donors (Lipinski definition) is 10. The number of nitrogens with zero attached hydrogens (tertiary/aromatic N) is 5. The monoisotopic (exact) mass is 1880 g/mol. The normalized spacial score (nSPS) is 22.7. The number of aromatic nitrogens is 10. The summed E-state index contributed by atoms with van der Waals surface area (Å²) in [4.78, 5) is 126. The topological polar surface area (TPSA) is 591 Å². The first-order valence-corrected chi connectivity index (χ1v) is 44.7. The number of nitrogens with one attached hydrogen (secondary N) is 5. The third-order valence-electron chi connectivity index (χ3n) is 16.4. The molecule has 672 valence electrons. The molecular formula is C68H113IN10O35P4. The molecule has 5 aliphatic heterocycles. The lowest BCUT2D eigenvalue weighted by atomic mass is 10.2. The first kappa shape index (κ1) is 106. The number of rotatable bonds is 32. The smallest absolute Gasteiger partial charge is 0.356 e. The van der Waals surface area contributed by atoms with E-state index in [1.165, 1.54) is 53.8 Å². The second-order valence-electron chi connectivity index (χ2n) is 25.3. The summed E-state index contributed by atoms with van der Waals surface area (Å²) in [7, 11) is -13.4. The standard InChI is InChI=1S/C14H22IN2O7P.2C14H23N2O8P.C10H14N2O5.C9H10N2O3.C5H13O4P.2CH4/c1-4-22-25(20,23-5-2)8-21-13-10(15)6-11(24-13)17-7-9(3)12(18)16-14(17)19;2*1-4-22-25(20,23-5-2)8-21-13-10(17)6-11(24-13)16-7-9(3)12(18)15-14(16)19;1-5-3-12(10(16)11-9(5)15)8-2-6(14)7(4-13)17-8;1-6-5-11(7-3-2-4-14-7)9(13)10-8(6)12;1-3-8-10(7,5-6)9-4-2;;/h7,10-11,13H,4-6,8H2,1-3H3,(H,16,18,19);2*7,10-11,13,17H,4-6,8H2,1-3H3,(H,15,18,19);3,6-8,13-14H,2,4H2,1H3,(H,11,15,16);2,4-5,7H,3H2,1H3,(H,10,12,13);6H,3-5H2,1-2H3;2*1H4/t2*10-,11+,13-;10-,11-,13+;6-,7+,8+;7-;;;/m11010.../s1. The van der Waals surface area contributed by atoms with Crippen molar-refractivity contribution in [1.29, 1.82) is 0 Å². The van der Waals surface area contributed by atoms with Crippen LogP contribution in [-0.4, -0.2) is 205 Å². The van der Waals surface area contributed by atoms with Crippen LogP contribution in [0.2, 0.25) is 0 Å². The molecule has 0 saturated carbocycles. The van der Waals surface area contributed by atoms with E-state index in [4.69, 9.17) is 84.3 Å². The van der Waals surface area contributed by atoms with E-state index in [0.717, 1.165) is 0 Å². The predicted octanol–water partition coefficient (Wildman–Crippen LogP) is 4.75. The second kappa shape index (κ2) is 50.4. The van der Waals surface area contributed by atoms with Crippen LogP contribution in [0.1, 0.15) is 161 Å². The lowest BCUT2D eigenvalue weighted by Gasteiger charge is -2.21. The summed E-state index contributed by atoms with van der Waals surface area (Å²) < 4.78 is 138. The van der Waals surface area contributed by atoms with Gasteiger partial charge in [-0.1, -0.05) is 37.4 Å². The first-order chi connectivity index (χ1) is 54.8. The van der Waals surface area contributed by atoms with Crippen molar-refractivity contribution in [3.8, 4) is 0 Å². The number of H-pyrrole nitrogens is 5. The summed E-state index contributed by atoms with van der Waals surface area (Å²) >= 11 is 2.15. The van der Waals surface area contributed by atoms with Crippen LogP contribution in [0.15, 0.2) is 91.3 Å². The Hall–Kier alpha value is -6.21. The molecule has 10 rings (SSSR count). The molecule has 0 aromatic carbocycles. The van der Waals surface area contributed by atoms with Crippen molar-refractivity contribution >= 4 is 53.0 Å². The highest BCUT2D eigenvalue weighted by atomic mass is 127.